The largest absolute Gasteiger partial charge is 0.478 e. The van der Waals surface area contributed by atoms with E-state index in [1.165, 1.54) is 24.3 Å². The highest BCUT2D eigenvalue weighted by molar-refractivity contribution is 7.86. The van der Waals surface area contributed by atoms with E-state index in [0.29, 0.717) is 12.3 Å². The van der Waals surface area contributed by atoms with Crippen molar-refractivity contribution in [2.24, 2.45) is 0 Å². The molecular weight excluding hydrogens is 220 g/mol. The Kier molecular flexibility index (Phi) is 3.46. The van der Waals surface area contributed by atoms with E-state index >= 15 is 0 Å². The number of hydrogen-bond acceptors (Lipinski definition) is 4. The summed E-state index contributed by atoms with van der Waals surface area (Å²) in [5.41, 5.74) is 0. The van der Waals surface area contributed by atoms with Gasteiger partial charge in [-0.3, -0.25) is 0 Å². The molecule has 0 saturated carbocycles. The molecule has 80 valence electrons. The summed E-state index contributed by atoms with van der Waals surface area (Å²) in [5, 5.41) is 8.22. The number of carboxylic acid groups (broad SMARTS) is 1. The monoisotopic (exact) mass is 228 g/mol. The van der Waals surface area contributed by atoms with Gasteiger partial charge in [0.2, 0.25) is 0 Å². The summed E-state index contributed by atoms with van der Waals surface area (Å²) in [6.07, 6.45) is 1.21. The van der Waals surface area contributed by atoms with Crippen LogP contribution in [-0.2, 0) is 19.1 Å². The molecule has 1 aromatic carbocycles. The van der Waals surface area contributed by atoms with Crippen LogP contribution in [0.5, 0.6) is 0 Å². The average molecular weight is 228 g/mol. The minimum absolute atomic E-state index is 0.0277. The molecule has 0 aromatic heterocycles. The van der Waals surface area contributed by atoms with Gasteiger partial charge in [-0.05, 0) is 12.1 Å². The van der Waals surface area contributed by atoms with E-state index in [0.717, 1.165) is 0 Å². The van der Waals surface area contributed by atoms with E-state index < -0.39 is 16.1 Å². The summed E-state index contributed by atoms with van der Waals surface area (Å²) in [4.78, 5) is 10.0. The van der Waals surface area contributed by atoms with E-state index in [-0.39, 0.29) is 4.90 Å². The molecule has 0 bridgehead atoms. The molecular formula is C9H8O5S. The molecule has 0 aliphatic rings. The van der Waals surface area contributed by atoms with Gasteiger partial charge in [0, 0.05) is 0 Å². The lowest BCUT2D eigenvalue weighted by Gasteiger charge is -2.01. The van der Waals surface area contributed by atoms with Gasteiger partial charge in [-0.15, -0.1) is 0 Å². The fourth-order valence-electron chi connectivity index (χ4n) is 0.802. The number of carboxylic acids is 1. The molecule has 1 aromatic rings. The molecule has 6 heteroatoms. The maximum Gasteiger partial charge on any atom is 0.338 e. The van der Waals surface area contributed by atoms with E-state index in [1.54, 1.807) is 6.07 Å². The van der Waals surface area contributed by atoms with E-state index in [1.807, 2.05) is 0 Å². The molecule has 0 amide bonds. The van der Waals surface area contributed by atoms with Crippen molar-refractivity contribution >= 4 is 16.1 Å². The summed E-state index contributed by atoms with van der Waals surface area (Å²) in [5.74, 6) is -1.28. The summed E-state index contributed by atoms with van der Waals surface area (Å²) in [6.45, 7) is 0. The van der Waals surface area contributed by atoms with Crippen molar-refractivity contribution in [2.75, 3.05) is 0 Å². The Morgan fingerprint density at radius 1 is 1.27 bits per heavy atom. The lowest BCUT2D eigenvalue weighted by Crippen LogP contribution is -2.02. The van der Waals surface area contributed by atoms with Gasteiger partial charge in [0.25, 0.3) is 0 Å². The maximum atomic E-state index is 11.3. The number of carbonyl (C=O) groups is 1. The Labute approximate surface area is 86.7 Å². The van der Waals surface area contributed by atoms with Gasteiger partial charge >= 0.3 is 16.1 Å². The Hall–Kier alpha value is -1.82. The number of benzene rings is 1. The van der Waals surface area contributed by atoms with Crippen LogP contribution in [-0.4, -0.2) is 19.5 Å². The molecule has 0 unspecified atom stereocenters. The van der Waals surface area contributed by atoms with Crippen LogP contribution in [0.15, 0.2) is 47.6 Å². The molecule has 1 N–H and O–H groups in total. The minimum Gasteiger partial charge on any atom is -0.478 e. The third kappa shape index (κ3) is 3.43. The van der Waals surface area contributed by atoms with Gasteiger partial charge in [-0.25, -0.2) is 4.79 Å². The molecule has 5 nitrogen and oxygen atoms in total. The Morgan fingerprint density at radius 3 is 2.40 bits per heavy atom. The number of hydrogen-bond donors (Lipinski definition) is 1. The van der Waals surface area contributed by atoms with Crippen LogP contribution in [0.3, 0.4) is 0 Å². The second-order valence-electron chi connectivity index (χ2n) is 2.50. The van der Waals surface area contributed by atoms with E-state index in [9.17, 15) is 13.2 Å². The van der Waals surface area contributed by atoms with Gasteiger partial charge in [-0.2, -0.15) is 8.42 Å². The molecule has 0 saturated heterocycles. The first-order valence-corrected chi connectivity index (χ1v) is 5.31. The molecule has 1 rings (SSSR count). The van der Waals surface area contributed by atoms with E-state index in [4.69, 9.17) is 5.11 Å². The lowest BCUT2D eigenvalue weighted by atomic mass is 10.4. The first-order valence-electron chi connectivity index (χ1n) is 3.90. The molecule has 0 aliphatic carbocycles. The van der Waals surface area contributed by atoms with Crippen molar-refractivity contribution in [2.45, 2.75) is 4.90 Å². The smallest absolute Gasteiger partial charge is 0.338 e. The predicted octanol–water partition coefficient (Wildman–Crippen LogP) is 0.990. The normalized spacial score (nSPS) is 11.5. The predicted molar refractivity (Wildman–Crippen MR) is 51.5 cm³/mol. The first kappa shape index (κ1) is 11.3. The van der Waals surface area contributed by atoms with Gasteiger partial charge in [0.05, 0.1) is 6.08 Å². The van der Waals surface area contributed by atoms with Crippen LogP contribution in [0.2, 0.25) is 0 Å². The van der Waals surface area contributed by atoms with Gasteiger partial charge in [0.1, 0.15) is 11.2 Å². The fraction of sp³-hybridized carbons (Fsp3) is 0. The third-order valence-corrected chi connectivity index (χ3v) is 2.64. The van der Waals surface area contributed by atoms with Gasteiger partial charge < -0.3 is 9.29 Å². The quantitative estimate of drug-likeness (QED) is 0.472. The lowest BCUT2D eigenvalue weighted by molar-refractivity contribution is -0.131. The molecule has 0 spiro atoms. The molecule has 15 heavy (non-hydrogen) atoms. The van der Waals surface area contributed by atoms with Crippen LogP contribution < -0.4 is 0 Å². The van der Waals surface area contributed by atoms with Crippen molar-refractivity contribution < 1.29 is 22.5 Å². The zero-order valence-electron chi connectivity index (χ0n) is 7.53. The summed E-state index contributed by atoms with van der Waals surface area (Å²) < 4.78 is 27.0. The third-order valence-electron chi connectivity index (χ3n) is 1.42. The average Bonchev–Trinajstić information content (AvgIpc) is 2.18. The topological polar surface area (TPSA) is 80.7 Å². The van der Waals surface area contributed by atoms with Crippen molar-refractivity contribution in [3.8, 4) is 0 Å². The molecule has 0 radical (unpaired) electrons. The van der Waals surface area contributed by atoms with Crippen molar-refractivity contribution in [1.82, 2.24) is 0 Å². The summed E-state index contributed by atoms with van der Waals surface area (Å²) in [7, 11) is -3.91. The molecule has 0 heterocycles. The molecule has 0 atom stereocenters. The molecule has 0 aliphatic heterocycles. The van der Waals surface area contributed by atoms with Crippen LogP contribution >= 0.6 is 0 Å². The zero-order valence-corrected chi connectivity index (χ0v) is 8.35. The van der Waals surface area contributed by atoms with Crippen LogP contribution in [0.25, 0.3) is 0 Å². The van der Waals surface area contributed by atoms with Crippen LogP contribution in [0.1, 0.15) is 0 Å². The van der Waals surface area contributed by atoms with Crippen LogP contribution in [0, 0.1) is 0 Å². The van der Waals surface area contributed by atoms with Crippen molar-refractivity contribution in [3.05, 3.63) is 42.7 Å². The molecule has 0 fully saturated rings. The SMILES string of the molecule is O=C(O)/C=C/OS(=O)(=O)c1ccccc1. The Balaban J connectivity index is 2.82. The van der Waals surface area contributed by atoms with Crippen molar-refractivity contribution in [3.63, 3.8) is 0 Å². The van der Waals surface area contributed by atoms with Gasteiger partial charge in [-0.1, -0.05) is 18.2 Å². The second kappa shape index (κ2) is 4.61. The van der Waals surface area contributed by atoms with Gasteiger partial charge in [0.15, 0.2) is 0 Å². The highest BCUT2D eigenvalue weighted by atomic mass is 32.2. The van der Waals surface area contributed by atoms with Crippen molar-refractivity contribution in [1.29, 1.82) is 0 Å². The Morgan fingerprint density at radius 2 is 1.87 bits per heavy atom. The number of aliphatic carboxylic acids is 1. The number of rotatable bonds is 4. The Bertz CT molecular complexity index is 461. The highest BCUT2D eigenvalue weighted by Gasteiger charge is 2.12. The summed E-state index contributed by atoms with van der Waals surface area (Å²) >= 11 is 0. The fourth-order valence-corrected chi connectivity index (χ4v) is 1.61. The first-order chi connectivity index (χ1) is 7.02. The second-order valence-corrected chi connectivity index (χ2v) is 4.08. The maximum absolute atomic E-state index is 11.3. The standard InChI is InChI=1S/C9H8O5S/c10-9(11)6-7-14-15(12,13)8-4-2-1-3-5-8/h1-7H,(H,10,11)/b7-6+. The minimum atomic E-state index is -3.91. The zero-order chi connectivity index (χ0) is 11.3. The highest BCUT2D eigenvalue weighted by Crippen LogP contribution is 2.11. The van der Waals surface area contributed by atoms with Crippen LogP contribution in [0.4, 0.5) is 0 Å². The van der Waals surface area contributed by atoms with E-state index in [2.05, 4.69) is 4.18 Å². The summed E-state index contributed by atoms with van der Waals surface area (Å²) in [6, 6.07) is 7.44.